The maximum Gasteiger partial charge on any atom is 0.286 e. The molecular weight excluding hydrogens is 511 g/mol. The summed E-state index contributed by atoms with van der Waals surface area (Å²) in [6, 6.07) is 24.0. The molecule has 0 aliphatic carbocycles. The molecule has 8 heteroatoms. The van der Waals surface area contributed by atoms with Crippen molar-refractivity contribution in [3.8, 4) is 22.7 Å². The molecule has 1 aromatic heterocycles. The number of aliphatic imine (C=N–C) groups is 1. The van der Waals surface area contributed by atoms with Gasteiger partial charge in [0.15, 0.2) is 5.17 Å². The number of hydrogen-bond donors (Lipinski definition) is 0. The number of nitrogens with zero attached hydrogens (tertiary/aromatic N) is 4. The Hall–Kier alpha value is -4.17. The van der Waals surface area contributed by atoms with Gasteiger partial charge in [-0.25, -0.2) is 9.07 Å². The number of thioether (sulfide) groups is 1. The van der Waals surface area contributed by atoms with Gasteiger partial charge in [0.1, 0.15) is 23.9 Å². The molecular formula is C31H27FN4O2S. The van der Waals surface area contributed by atoms with Crippen LogP contribution < -0.4 is 4.74 Å². The Balaban J connectivity index is 1.31. The van der Waals surface area contributed by atoms with Crippen molar-refractivity contribution >= 4 is 28.9 Å². The maximum atomic E-state index is 14.1. The topological polar surface area (TPSA) is 59.7 Å². The standard InChI is InChI=1S/C31H27FN4O2S/c32-27-15-6-5-10-23(27)21-38-26-14-9-11-22(18-26)29-24(20-36(34-29)25-12-3-1-4-13-25)19-28-30(37)33-31(39-28)35-16-7-2-8-17-35/h1,3-6,9-15,18-20H,2,7-8,16-17,21H2. The fourth-order valence-electron chi connectivity index (χ4n) is 4.70. The molecule has 4 aromatic rings. The van der Waals surface area contributed by atoms with Crippen LogP contribution in [0.2, 0.25) is 0 Å². The van der Waals surface area contributed by atoms with Gasteiger partial charge in [-0.2, -0.15) is 10.1 Å². The summed E-state index contributed by atoms with van der Waals surface area (Å²) in [6.45, 7) is 1.99. The maximum absolute atomic E-state index is 14.1. The van der Waals surface area contributed by atoms with Gasteiger partial charge in [0.2, 0.25) is 0 Å². The first-order chi connectivity index (χ1) is 19.1. The predicted octanol–water partition coefficient (Wildman–Crippen LogP) is 6.71. The van der Waals surface area contributed by atoms with Crippen molar-refractivity contribution in [2.45, 2.75) is 25.9 Å². The molecule has 0 N–H and O–H groups in total. The molecule has 2 aliphatic heterocycles. The Morgan fingerprint density at radius 3 is 2.56 bits per heavy atom. The van der Waals surface area contributed by atoms with Crippen molar-refractivity contribution < 1.29 is 13.9 Å². The highest BCUT2D eigenvalue weighted by Crippen LogP contribution is 2.35. The van der Waals surface area contributed by atoms with Gasteiger partial charge in [-0.1, -0.05) is 48.5 Å². The van der Waals surface area contributed by atoms with Crippen LogP contribution >= 0.6 is 11.8 Å². The molecule has 0 spiro atoms. The summed E-state index contributed by atoms with van der Waals surface area (Å²) in [5.41, 5.74) is 3.74. The summed E-state index contributed by atoms with van der Waals surface area (Å²) in [5, 5.41) is 5.67. The minimum atomic E-state index is -0.297. The lowest BCUT2D eigenvalue weighted by atomic mass is 10.1. The van der Waals surface area contributed by atoms with Crippen LogP contribution in [0.4, 0.5) is 4.39 Å². The third-order valence-corrected chi connectivity index (χ3v) is 7.79. The number of carbonyl (C=O) groups excluding carboxylic acids is 1. The number of amides is 1. The number of para-hydroxylation sites is 1. The first kappa shape index (κ1) is 25.1. The van der Waals surface area contributed by atoms with Crippen molar-refractivity contribution in [1.29, 1.82) is 0 Å². The van der Waals surface area contributed by atoms with E-state index in [1.807, 2.05) is 71.6 Å². The first-order valence-corrected chi connectivity index (χ1v) is 13.8. The van der Waals surface area contributed by atoms with Gasteiger partial charge in [0, 0.05) is 36.0 Å². The quantitative estimate of drug-likeness (QED) is 0.255. The highest BCUT2D eigenvalue weighted by Gasteiger charge is 2.27. The Kier molecular flexibility index (Phi) is 7.27. The predicted molar refractivity (Wildman–Crippen MR) is 153 cm³/mol. The lowest BCUT2D eigenvalue weighted by Gasteiger charge is -2.27. The molecule has 196 valence electrons. The fourth-order valence-corrected chi connectivity index (χ4v) is 5.66. The highest BCUT2D eigenvalue weighted by molar-refractivity contribution is 8.18. The van der Waals surface area contributed by atoms with Crippen LogP contribution in [0, 0.1) is 5.82 Å². The smallest absolute Gasteiger partial charge is 0.286 e. The lowest BCUT2D eigenvalue weighted by molar-refractivity contribution is -0.113. The van der Waals surface area contributed by atoms with E-state index in [0.29, 0.717) is 21.9 Å². The van der Waals surface area contributed by atoms with Gasteiger partial charge in [0.05, 0.1) is 10.6 Å². The summed E-state index contributed by atoms with van der Waals surface area (Å²) in [4.78, 5) is 20.0. The third kappa shape index (κ3) is 5.66. The molecule has 0 atom stereocenters. The second kappa shape index (κ2) is 11.3. The van der Waals surface area contributed by atoms with Gasteiger partial charge in [-0.15, -0.1) is 0 Å². The van der Waals surface area contributed by atoms with Crippen molar-refractivity contribution in [2.75, 3.05) is 13.1 Å². The number of rotatable bonds is 6. The van der Waals surface area contributed by atoms with Gasteiger partial charge in [-0.3, -0.25) is 4.79 Å². The number of amidine groups is 1. The molecule has 3 heterocycles. The van der Waals surface area contributed by atoms with E-state index >= 15 is 0 Å². The van der Waals surface area contributed by atoms with Crippen LogP contribution in [-0.2, 0) is 11.4 Å². The Morgan fingerprint density at radius 1 is 0.949 bits per heavy atom. The normalized spacial score (nSPS) is 16.5. The number of ether oxygens (including phenoxy) is 1. The molecule has 2 aliphatic rings. The molecule has 0 saturated carbocycles. The van der Waals surface area contributed by atoms with Crippen molar-refractivity contribution in [2.24, 2.45) is 4.99 Å². The Bertz CT molecular complexity index is 1560. The number of benzene rings is 3. The van der Waals surface area contributed by atoms with E-state index in [1.165, 1.54) is 24.2 Å². The van der Waals surface area contributed by atoms with Crippen LogP contribution in [0.3, 0.4) is 0 Å². The van der Waals surface area contributed by atoms with E-state index in [0.717, 1.165) is 47.9 Å². The zero-order valence-electron chi connectivity index (χ0n) is 21.3. The van der Waals surface area contributed by atoms with Gasteiger partial charge in [-0.05, 0) is 67.4 Å². The Morgan fingerprint density at radius 2 is 1.74 bits per heavy atom. The van der Waals surface area contributed by atoms with Crippen LogP contribution in [0.1, 0.15) is 30.4 Å². The zero-order chi connectivity index (χ0) is 26.6. The summed E-state index contributed by atoms with van der Waals surface area (Å²) in [7, 11) is 0. The minimum Gasteiger partial charge on any atom is -0.489 e. The third-order valence-electron chi connectivity index (χ3n) is 6.75. The summed E-state index contributed by atoms with van der Waals surface area (Å²) in [5.74, 6) is 0.0839. The molecule has 0 unspecified atom stereocenters. The number of hydrogen-bond acceptors (Lipinski definition) is 5. The van der Waals surface area contributed by atoms with E-state index < -0.39 is 0 Å². The lowest BCUT2D eigenvalue weighted by Crippen LogP contribution is -2.33. The summed E-state index contributed by atoms with van der Waals surface area (Å²) >= 11 is 1.43. The van der Waals surface area contributed by atoms with Gasteiger partial charge in [0.25, 0.3) is 5.91 Å². The van der Waals surface area contributed by atoms with E-state index in [-0.39, 0.29) is 18.3 Å². The summed E-state index contributed by atoms with van der Waals surface area (Å²) in [6.07, 6.45) is 7.27. The van der Waals surface area contributed by atoms with Crippen LogP contribution in [0.25, 0.3) is 23.0 Å². The largest absolute Gasteiger partial charge is 0.489 e. The number of carbonyl (C=O) groups is 1. The first-order valence-electron chi connectivity index (χ1n) is 13.0. The monoisotopic (exact) mass is 538 g/mol. The average molecular weight is 539 g/mol. The molecule has 39 heavy (non-hydrogen) atoms. The van der Waals surface area contributed by atoms with E-state index in [9.17, 15) is 9.18 Å². The van der Waals surface area contributed by atoms with Crippen LogP contribution in [-0.4, -0.2) is 38.8 Å². The van der Waals surface area contributed by atoms with Crippen molar-refractivity contribution in [1.82, 2.24) is 14.7 Å². The Labute approximate surface area is 230 Å². The SMILES string of the molecule is O=C1N=C(N2CCCCC2)SC1=Cc1cn(-c2ccccc2)nc1-c1cccc(OCc2ccccc2F)c1. The molecule has 0 radical (unpaired) electrons. The molecule has 6 rings (SSSR count). The number of likely N-dealkylation sites (tertiary alicyclic amines) is 1. The summed E-state index contributed by atoms with van der Waals surface area (Å²) < 4.78 is 21.8. The fraction of sp³-hybridized carbons (Fsp3) is 0.194. The highest BCUT2D eigenvalue weighted by atomic mass is 32.2. The second-order valence-corrected chi connectivity index (χ2v) is 10.5. The van der Waals surface area contributed by atoms with Crippen LogP contribution in [0.5, 0.6) is 5.75 Å². The van der Waals surface area contributed by atoms with Gasteiger partial charge >= 0.3 is 0 Å². The van der Waals surface area contributed by atoms with E-state index in [4.69, 9.17) is 9.84 Å². The average Bonchev–Trinajstić information content (AvgIpc) is 3.57. The van der Waals surface area contributed by atoms with Crippen molar-refractivity contribution in [3.05, 3.63) is 107 Å². The van der Waals surface area contributed by atoms with Crippen molar-refractivity contribution in [3.63, 3.8) is 0 Å². The number of aromatic nitrogens is 2. The number of piperidine rings is 1. The van der Waals surface area contributed by atoms with E-state index in [1.54, 1.807) is 18.2 Å². The molecule has 1 saturated heterocycles. The molecule has 1 amide bonds. The molecule has 6 nitrogen and oxygen atoms in total. The van der Waals surface area contributed by atoms with E-state index in [2.05, 4.69) is 9.89 Å². The minimum absolute atomic E-state index is 0.118. The molecule has 3 aromatic carbocycles. The second-order valence-electron chi connectivity index (χ2n) is 9.48. The number of halogens is 1. The van der Waals surface area contributed by atoms with Gasteiger partial charge < -0.3 is 9.64 Å². The van der Waals surface area contributed by atoms with Crippen LogP contribution in [0.15, 0.2) is 95.0 Å². The zero-order valence-corrected chi connectivity index (χ0v) is 22.1. The molecule has 1 fully saturated rings. The molecule has 0 bridgehead atoms.